The maximum Gasteiger partial charge on any atom is 0.281 e. The second kappa shape index (κ2) is 12.2. The lowest BCUT2D eigenvalue weighted by Crippen LogP contribution is -2.31. The van der Waals surface area contributed by atoms with Crippen LogP contribution in [0.3, 0.4) is 0 Å². The summed E-state index contributed by atoms with van der Waals surface area (Å²) in [7, 11) is -4.25. The Labute approximate surface area is 252 Å². The highest BCUT2D eigenvalue weighted by Crippen LogP contribution is 2.48. The summed E-state index contributed by atoms with van der Waals surface area (Å²) < 4.78 is 35.2. The van der Waals surface area contributed by atoms with Gasteiger partial charge in [0.25, 0.3) is 15.9 Å². The van der Waals surface area contributed by atoms with Gasteiger partial charge < -0.3 is 10.1 Å². The highest BCUT2D eigenvalue weighted by molar-refractivity contribution is 7.90. The number of carbonyl (C=O) groups is 1. The van der Waals surface area contributed by atoms with E-state index in [0.717, 1.165) is 25.2 Å². The summed E-state index contributed by atoms with van der Waals surface area (Å²) in [5.41, 5.74) is 0.736. The van der Waals surface area contributed by atoms with Crippen LogP contribution in [0.2, 0.25) is 5.15 Å². The number of nitrogens with one attached hydrogen (secondary N) is 2. The van der Waals surface area contributed by atoms with Gasteiger partial charge in [-0.15, -0.1) is 5.10 Å². The van der Waals surface area contributed by atoms with Crippen molar-refractivity contribution in [1.82, 2.24) is 24.5 Å². The largest absolute Gasteiger partial charge is 0.477 e. The molecule has 226 valence electrons. The molecule has 0 bridgehead atoms. The zero-order valence-corrected chi connectivity index (χ0v) is 26.0. The van der Waals surface area contributed by atoms with Crippen LogP contribution >= 0.6 is 11.6 Å². The molecule has 3 aromatic heterocycles. The highest BCUT2D eigenvalue weighted by Gasteiger charge is 2.36. The molecule has 2 fully saturated rings. The fraction of sp³-hybridized carbons (Fsp3) is 0.533. The third-order valence-electron chi connectivity index (χ3n) is 8.33. The van der Waals surface area contributed by atoms with E-state index in [1.54, 1.807) is 24.4 Å². The molecule has 10 nitrogen and oxygen atoms in total. The van der Waals surface area contributed by atoms with Gasteiger partial charge in [0.15, 0.2) is 10.8 Å². The molecule has 2 aliphatic carbocycles. The monoisotopic (exact) mass is 614 g/mol. The molecular formula is C30H39ClN6O4S. The number of anilines is 1. The number of aromatic nitrogens is 4. The molecule has 0 radical (unpaired) electrons. The fourth-order valence-corrected chi connectivity index (χ4v) is 6.60. The molecule has 3 aromatic rings. The van der Waals surface area contributed by atoms with E-state index in [-0.39, 0.29) is 15.7 Å². The van der Waals surface area contributed by atoms with Gasteiger partial charge in [0.1, 0.15) is 11.0 Å². The molecule has 5 rings (SSSR count). The first-order valence-electron chi connectivity index (χ1n) is 14.6. The van der Waals surface area contributed by atoms with E-state index in [2.05, 4.69) is 41.2 Å². The van der Waals surface area contributed by atoms with Gasteiger partial charge in [-0.25, -0.2) is 19.4 Å². The maximum atomic E-state index is 13.0. The molecule has 0 saturated heterocycles. The number of sulfonamides is 1. The Balaban J connectivity index is 1.15. The lowest BCUT2D eigenvalue weighted by atomic mass is 9.89. The van der Waals surface area contributed by atoms with Crippen molar-refractivity contribution >= 4 is 33.3 Å². The van der Waals surface area contributed by atoms with Crippen molar-refractivity contribution in [3.8, 4) is 11.7 Å². The minimum atomic E-state index is -4.25. The molecule has 0 spiro atoms. The number of carbonyl (C=O) groups excluding carboxylic acids is 1. The summed E-state index contributed by atoms with van der Waals surface area (Å²) in [4.78, 5) is 21.3. The van der Waals surface area contributed by atoms with Crippen molar-refractivity contribution < 1.29 is 17.9 Å². The van der Waals surface area contributed by atoms with Gasteiger partial charge in [-0.2, -0.15) is 8.42 Å². The predicted octanol–water partition coefficient (Wildman–Crippen LogP) is 6.02. The molecular weight excluding hydrogens is 576 g/mol. The van der Waals surface area contributed by atoms with Crippen molar-refractivity contribution in [2.24, 2.45) is 16.7 Å². The lowest BCUT2D eigenvalue weighted by molar-refractivity contribution is 0.0981. The Hall–Kier alpha value is -3.18. The number of hydrogen-bond donors (Lipinski definition) is 2. The summed E-state index contributed by atoms with van der Waals surface area (Å²) in [5, 5.41) is 7.14. The quantitative estimate of drug-likeness (QED) is 0.177. The van der Waals surface area contributed by atoms with Gasteiger partial charge in [0, 0.05) is 18.8 Å². The van der Waals surface area contributed by atoms with Gasteiger partial charge in [-0.1, -0.05) is 38.4 Å². The van der Waals surface area contributed by atoms with E-state index in [9.17, 15) is 13.2 Å². The predicted molar refractivity (Wildman–Crippen MR) is 162 cm³/mol. The summed E-state index contributed by atoms with van der Waals surface area (Å²) >= 11 is 6.29. The number of ether oxygens (including phenoxy) is 1. The van der Waals surface area contributed by atoms with Crippen molar-refractivity contribution in [1.29, 1.82) is 0 Å². The Bertz CT molecular complexity index is 1540. The van der Waals surface area contributed by atoms with Gasteiger partial charge in [0.05, 0.1) is 12.2 Å². The van der Waals surface area contributed by atoms with Gasteiger partial charge in [-0.05, 0) is 92.4 Å². The number of hydrogen-bond acceptors (Lipinski definition) is 8. The number of pyridine rings is 2. The topological polar surface area (TPSA) is 128 Å². The third kappa shape index (κ3) is 7.80. The van der Waals surface area contributed by atoms with Crippen molar-refractivity contribution in [2.45, 2.75) is 77.2 Å². The first-order chi connectivity index (χ1) is 19.9. The summed E-state index contributed by atoms with van der Waals surface area (Å²) in [6.07, 6.45) is 11.0. The normalized spacial score (nSPS) is 18.9. The van der Waals surface area contributed by atoms with Crippen molar-refractivity contribution in [3.05, 3.63) is 53.3 Å². The number of rotatable bonds is 13. The van der Waals surface area contributed by atoms with Gasteiger partial charge in [0.2, 0.25) is 5.88 Å². The Morgan fingerprint density at radius 1 is 1.12 bits per heavy atom. The minimum Gasteiger partial charge on any atom is -0.477 e. The first-order valence-corrected chi connectivity index (χ1v) is 16.4. The lowest BCUT2D eigenvalue weighted by Gasteiger charge is -2.17. The van der Waals surface area contributed by atoms with Gasteiger partial charge in [-0.3, -0.25) is 4.79 Å². The van der Waals surface area contributed by atoms with Crippen LogP contribution < -0.4 is 14.8 Å². The molecule has 2 N–H and O–H groups in total. The second-order valence-corrected chi connectivity index (χ2v) is 14.6. The Kier molecular flexibility index (Phi) is 8.80. The zero-order valence-electron chi connectivity index (χ0n) is 24.4. The van der Waals surface area contributed by atoms with Crippen LogP contribution in [-0.2, 0) is 10.0 Å². The highest BCUT2D eigenvalue weighted by atomic mass is 35.5. The third-order valence-corrected chi connectivity index (χ3v) is 9.85. The second-order valence-electron chi connectivity index (χ2n) is 12.7. The molecule has 42 heavy (non-hydrogen) atoms. The number of amides is 1. The summed E-state index contributed by atoms with van der Waals surface area (Å²) in [5.74, 6) is 1.10. The molecule has 1 unspecified atom stereocenters. The molecule has 0 aromatic carbocycles. The first kappa shape index (κ1) is 30.3. The van der Waals surface area contributed by atoms with Crippen LogP contribution in [0.5, 0.6) is 5.88 Å². The Morgan fingerprint density at radius 3 is 2.64 bits per heavy atom. The average Bonchev–Trinajstić information content (AvgIpc) is 3.31. The van der Waals surface area contributed by atoms with Gasteiger partial charge >= 0.3 is 0 Å². The number of halogens is 1. The van der Waals surface area contributed by atoms with E-state index in [1.807, 2.05) is 4.72 Å². The average molecular weight is 615 g/mol. The van der Waals surface area contributed by atoms with Crippen LogP contribution in [0.15, 0.2) is 47.6 Å². The smallest absolute Gasteiger partial charge is 0.281 e. The van der Waals surface area contributed by atoms with Crippen LogP contribution in [-0.4, -0.2) is 47.2 Å². The summed E-state index contributed by atoms with van der Waals surface area (Å²) in [6.45, 7) is 8.17. The molecule has 1 atom stereocenters. The molecule has 1 amide bonds. The van der Waals surface area contributed by atoms with Crippen LogP contribution in [0.1, 0.15) is 82.5 Å². The Morgan fingerprint density at radius 2 is 1.93 bits per heavy atom. The SMILES string of the molecule is CC1(C)CCC(CCCNc2cccc(S(=O)(=O)NC(=O)c3ccc(-n4ccc(OCCC5(C)CC5)n4)nc3Cl)n2)C1. The molecule has 3 heterocycles. The zero-order chi connectivity index (χ0) is 30.0. The van der Waals surface area contributed by atoms with E-state index in [0.29, 0.717) is 41.5 Å². The van der Waals surface area contributed by atoms with Crippen molar-refractivity contribution in [2.75, 3.05) is 18.5 Å². The number of nitrogens with zero attached hydrogens (tertiary/aromatic N) is 4. The molecule has 2 aliphatic rings. The van der Waals surface area contributed by atoms with Crippen LogP contribution in [0.25, 0.3) is 5.82 Å². The minimum absolute atomic E-state index is 0.0883. The molecule has 0 aliphatic heterocycles. The van der Waals surface area contributed by atoms with Crippen LogP contribution in [0.4, 0.5) is 5.82 Å². The molecule has 12 heteroatoms. The maximum absolute atomic E-state index is 13.0. The summed E-state index contributed by atoms with van der Waals surface area (Å²) in [6, 6.07) is 9.30. The van der Waals surface area contributed by atoms with E-state index in [4.69, 9.17) is 16.3 Å². The molecule has 2 saturated carbocycles. The fourth-order valence-electron chi connectivity index (χ4n) is 5.43. The van der Waals surface area contributed by atoms with Crippen molar-refractivity contribution in [3.63, 3.8) is 0 Å². The van der Waals surface area contributed by atoms with E-state index < -0.39 is 15.9 Å². The van der Waals surface area contributed by atoms with E-state index >= 15 is 0 Å². The van der Waals surface area contributed by atoms with E-state index in [1.165, 1.54) is 55.0 Å². The standard InChI is InChI=1S/C30H39ClN6O4S/c1-29(2)13-11-21(20-29)6-5-17-32-23-7-4-8-26(33-23)42(39,40)36-28(38)22-9-10-24(34-27(22)31)37-18-12-25(35-37)41-19-16-30(3)14-15-30/h4,7-10,12,18,21H,5-6,11,13-17,19-20H2,1-3H3,(H,32,33)(H,36,38). The van der Waals surface area contributed by atoms with Crippen LogP contribution in [0, 0.1) is 16.7 Å².